The van der Waals surface area contributed by atoms with Crippen molar-refractivity contribution in [1.82, 2.24) is 4.90 Å². The predicted octanol–water partition coefficient (Wildman–Crippen LogP) is 4.27. The molecule has 6 unspecified atom stereocenters. The largest absolute Gasteiger partial charge is 0.289 e. The molecule has 1 aliphatic heterocycles. The molecular formula is C28H28N2O3. The molecule has 33 heavy (non-hydrogen) atoms. The van der Waals surface area contributed by atoms with Crippen LogP contribution >= 0.6 is 0 Å². The van der Waals surface area contributed by atoms with E-state index in [1.807, 2.05) is 51.1 Å². The molecule has 5 nitrogen and oxygen atoms in total. The zero-order valence-electron chi connectivity index (χ0n) is 19.2. The number of likely N-dealkylation sites (tertiary alicyclic amines) is 1. The average molecular weight is 441 g/mol. The maximum absolute atomic E-state index is 13.7. The molecule has 2 saturated carbocycles. The molecule has 0 spiro atoms. The van der Waals surface area contributed by atoms with Gasteiger partial charge in [0.25, 0.3) is 5.91 Å². The number of nitrogens with zero attached hydrogens (tertiary/aromatic N) is 2. The number of anilines is 1. The number of carbonyl (C=O) groups excluding carboxylic acids is 3. The van der Waals surface area contributed by atoms with Crippen LogP contribution in [0, 0.1) is 56.3 Å². The zero-order chi connectivity index (χ0) is 23.0. The van der Waals surface area contributed by atoms with Gasteiger partial charge in [-0.05, 0) is 74.6 Å². The van der Waals surface area contributed by atoms with Crippen LogP contribution in [0.15, 0.2) is 54.6 Å². The minimum atomic E-state index is -0.258. The smallest absolute Gasteiger partial charge is 0.259 e. The van der Waals surface area contributed by atoms with Crippen molar-refractivity contribution in [2.45, 2.75) is 27.2 Å². The Morgan fingerprint density at radius 2 is 1.45 bits per heavy atom. The molecule has 2 aromatic rings. The fraction of sp³-hybridized carbons (Fsp3) is 0.393. The normalized spacial score (nSPS) is 30.9. The van der Waals surface area contributed by atoms with Gasteiger partial charge in [0.05, 0.1) is 11.8 Å². The molecule has 168 valence electrons. The van der Waals surface area contributed by atoms with Crippen LogP contribution in [0.25, 0.3) is 0 Å². The number of imide groups is 1. The van der Waals surface area contributed by atoms with Crippen LogP contribution in [0.4, 0.5) is 5.69 Å². The van der Waals surface area contributed by atoms with E-state index < -0.39 is 0 Å². The summed E-state index contributed by atoms with van der Waals surface area (Å²) in [6.07, 6.45) is 5.48. The van der Waals surface area contributed by atoms with Gasteiger partial charge in [-0.15, -0.1) is 0 Å². The van der Waals surface area contributed by atoms with Crippen molar-refractivity contribution >= 4 is 23.4 Å². The molecule has 0 radical (unpaired) electrons. The third-order valence-corrected chi connectivity index (χ3v) is 8.22. The second-order valence-corrected chi connectivity index (χ2v) is 10.3. The molecule has 0 N–H and O–H groups in total. The Bertz CT molecular complexity index is 1180. The van der Waals surface area contributed by atoms with Gasteiger partial charge >= 0.3 is 0 Å². The van der Waals surface area contributed by atoms with Gasteiger partial charge in [0.2, 0.25) is 11.8 Å². The lowest BCUT2D eigenvalue weighted by atomic mass is 9.63. The molecule has 1 saturated heterocycles. The van der Waals surface area contributed by atoms with Gasteiger partial charge in [-0.3, -0.25) is 24.2 Å². The van der Waals surface area contributed by atoms with Crippen LogP contribution in [0.1, 0.15) is 33.5 Å². The first-order valence-electron chi connectivity index (χ1n) is 11.8. The summed E-state index contributed by atoms with van der Waals surface area (Å²) in [5.41, 5.74) is 4.38. The van der Waals surface area contributed by atoms with Gasteiger partial charge in [-0.25, -0.2) is 0 Å². The molecule has 3 amide bonds. The quantitative estimate of drug-likeness (QED) is 0.527. The van der Waals surface area contributed by atoms with E-state index in [1.54, 1.807) is 17.0 Å². The molecule has 5 aliphatic rings. The van der Waals surface area contributed by atoms with Crippen LogP contribution in [-0.2, 0) is 9.59 Å². The first kappa shape index (κ1) is 20.4. The number of allylic oxidation sites excluding steroid dienone is 2. The second-order valence-electron chi connectivity index (χ2n) is 10.3. The summed E-state index contributed by atoms with van der Waals surface area (Å²) in [6.45, 7) is 5.90. The molecule has 2 bridgehead atoms. The monoisotopic (exact) mass is 440 g/mol. The predicted molar refractivity (Wildman–Crippen MR) is 125 cm³/mol. The molecule has 1 heterocycles. The van der Waals surface area contributed by atoms with E-state index in [0.29, 0.717) is 17.4 Å². The molecular weight excluding hydrogens is 412 g/mol. The first-order valence-corrected chi connectivity index (χ1v) is 11.8. The highest BCUT2D eigenvalue weighted by atomic mass is 16.2. The van der Waals surface area contributed by atoms with E-state index >= 15 is 0 Å². The fourth-order valence-corrected chi connectivity index (χ4v) is 6.51. The van der Waals surface area contributed by atoms with Crippen LogP contribution < -0.4 is 4.90 Å². The highest BCUT2D eigenvalue weighted by Gasteiger charge is 2.67. The number of amides is 3. The molecule has 4 aliphatic carbocycles. The zero-order valence-corrected chi connectivity index (χ0v) is 19.2. The lowest BCUT2D eigenvalue weighted by Gasteiger charge is -2.37. The van der Waals surface area contributed by atoms with Gasteiger partial charge < -0.3 is 0 Å². The molecule has 3 fully saturated rings. The highest BCUT2D eigenvalue weighted by Crippen LogP contribution is 2.65. The Morgan fingerprint density at radius 3 is 2.03 bits per heavy atom. The van der Waals surface area contributed by atoms with Crippen molar-refractivity contribution in [3.8, 4) is 0 Å². The minimum absolute atomic E-state index is 0.0456. The van der Waals surface area contributed by atoms with Crippen molar-refractivity contribution in [1.29, 1.82) is 0 Å². The van der Waals surface area contributed by atoms with Crippen LogP contribution in [0.2, 0.25) is 0 Å². The standard InChI is InChI=1S/C28H28N2O3/c1-15-4-7-18(8-5-15)26(31)29(23-11-6-16(2)12-17(23)3)14-30-27(32)24-19-9-10-20(22-13-21(19)22)25(24)28(30)33/h4-12,19-22,24-25H,13-14H2,1-3H3. The number of carbonyl (C=O) groups is 3. The van der Waals surface area contributed by atoms with Gasteiger partial charge in [0, 0.05) is 11.3 Å². The Balaban J connectivity index is 1.36. The molecule has 6 atom stereocenters. The lowest BCUT2D eigenvalue weighted by molar-refractivity contribution is -0.140. The van der Waals surface area contributed by atoms with Gasteiger partial charge in [0.15, 0.2) is 0 Å². The summed E-state index contributed by atoms with van der Waals surface area (Å²) >= 11 is 0. The maximum atomic E-state index is 13.7. The molecule has 0 aromatic heterocycles. The van der Waals surface area contributed by atoms with Crippen molar-refractivity contribution in [2.24, 2.45) is 35.5 Å². The summed E-state index contributed by atoms with van der Waals surface area (Å²) < 4.78 is 0. The van der Waals surface area contributed by atoms with Gasteiger partial charge in [-0.1, -0.05) is 47.5 Å². The van der Waals surface area contributed by atoms with E-state index in [9.17, 15) is 14.4 Å². The number of hydrogen-bond acceptors (Lipinski definition) is 3. The van der Waals surface area contributed by atoms with E-state index in [0.717, 1.165) is 28.8 Å². The summed E-state index contributed by atoms with van der Waals surface area (Å²) in [6, 6.07) is 13.3. The number of benzene rings is 2. The van der Waals surface area contributed by atoms with Crippen molar-refractivity contribution in [3.63, 3.8) is 0 Å². The maximum Gasteiger partial charge on any atom is 0.259 e. The third-order valence-electron chi connectivity index (χ3n) is 8.22. The van der Waals surface area contributed by atoms with Crippen molar-refractivity contribution in [2.75, 3.05) is 11.6 Å². The van der Waals surface area contributed by atoms with Gasteiger partial charge in [0.1, 0.15) is 6.67 Å². The Morgan fingerprint density at radius 1 is 0.879 bits per heavy atom. The van der Waals surface area contributed by atoms with Crippen molar-refractivity contribution < 1.29 is 14.4 Å². The highest BCUT2D eigenvalue weighted by molar-refractivity contribution is 6.10. The Kier molecular flexibility index (Phi) is 4.42. The number of hydrogen-bond donors (Lipinski definition) is 0. The topological polar surface area (TPSA) is 57.7 Å². The molecule has 5 heteroatoms. The molecule has 2 aromatic carbocycles. The molecule has 7 rings (SSSR count). The second kappa shape index (κ2) is 7.14. The van der Waals surface area contributed by atoms with Crippen LogP contribution in [-0.4, -0.2) is 29.3 Å². The Hall–Kier alpha value is -3.21. The summed E-state index contributed by atoms with van der Waals surface area (Å²) in [5.74, 6) is 0.523. The first-order chi connectivity index (χ1) is 15.8. The summed E-state index contributed by atoms with van der Waals surface area (Å²) in [7, 11) is 0. The van der Waals surface area contributed by atoms with Crippen molar-refractivity contribution in [3.05, 3.63) is 76.9 Å². The SMILES string of the molecule is Cc1ccc(C(=O)N(CN2C(=O)C3C4C=CC(C5CC45)C3C2=O)c2ccc(C)cc2C)cc1. The number of rotatable bonds is 4. The van der Waals surface area contributed by atoms with Crippen LogP contribution in [0.5, 0.6) is 0 Å². The van der Waals surface area contributed by atoms with Gasteiger partial charge in [-0.2, -0.15) is 0 Å². The third kappa shape index (κ3) is 3.01. The number of aryl methyl sites for hydroxylation is 3. The lowest BCUT2D eigenvalue weighted by Crippen LogP contribution is -2.45. The van der Waals surface area contributed by atoms with E-state index in [-0.39, 0.29) is 48.1 Å². The van der Waals surface area contributed by atoms with E-state index in [1.165, 1.54) is 4.90 Å². The Labute approximate surface area is 194 Å². The van der Waals surface area contributed by atoms with E-state index in [4.69, 9.17) is 0 Å². The van der Waals surface area contributed by atoms with Crippen LogP contribution in [0.3, 0.4) is 0 Å². The summed E-state index contributed by atoms with van der Waals surface area (Å²) in [4.78, 5) is 43.7. The average Bonchev–Trinajstić information content (AvgIpc) is 3.58. The van der Waals surface area contributed by atoms with E-state index in [2.05, 4.69) is 12.2 Å². The minimum Gasteiger partial charge on any atom is -0.289 e. The summed E-state index contributed by atoms with van der Waals surface area (Å²) in [5, 5.41) is 0. The fourth-order valence-electron chi connectivity index (χ4n) is 6.51.